The van der Waals surface area contributed by atoms with Gasteiger partial charge in [-0.05, 0) is 37.5 Å². The Hall–Kier alpha value is -2.05. The van der Waals surface area contributed by atoms with Crippen molar-refractivity contribution in [1.29, 1.82) is 0 Å². The molecule has 0 aromatic heterocycles. The predicted octanol–water partition coefficient (Wildman–Crippen LogP) is 3.66. The molecule has 1 heterocycles. The highest BCUT2D eigenvalue weighted by Crippen LogP contribution is 2.28. The molecule has 0 fully saturated rings. The van der Waals surface area contributed by atoms with Crippen molar-refractivity contribution in [3.63, 3.8) is 0 Å². The second kappa shape index (κ2) is 7.90. The number of carbonyl (C=O) groups is 1. The number of halogens is 1. The summed E-state index contributed by atoms with van der Waals surface area (Å²) >= 11 is 0. The summed E-state index contributed by atoms with van der Waals surface area (Å²) in [6.07, 6.45) is -1.83. The van der Waals surface area contributed by atoms with E-state index in [2.05, 4.69) is 4.72 Å². The largest absolute Gasteiger partial charge is 0.331 e. The second-order valence-electron chi connectivity index (χ2n) is 7.75. The fraction of sp³-hybridized carbons (Fsp3) is 0.381. The third-order valence-corrected chi connectivity index (χ3v) is 6.21. The number of hydrogen-bond donors (Lipinski definition) is 1. The molecule has 4 nitrogen and oxygen atoms in total. The van der Waals surface area contributed by atoms with Gasteiger partial charge in [0.1, 0.15) is 0 Å². The molecular weight excluding hydrogens is 363 g/mol. The van der Waals surface area contributed by atoms with E-state index < -0.39 is 33.9 Å². The molecule has 1 N–H and O–H groups in total. The van der Waals surface area contributed by atoms with Gasteiger partial charge in [0.2, 0.25) is 0 Å². The summed E-state index contributed by atoms with van der Waals surface area (Å²) in [5, 5.41) is 0. The zero-order valence-corrected chi connectivity index (χ0v) is 16.6. The summed E-state index contributed by atoms with van der Waals surface area (Å²) in [6.45, 7) is 6.23. The minimum atomic E-state index is -1.83. The highest BCUT2D eigenvalue weighted by Gasteiger charge is 2.37. The van der Waals surface area contributed by atoms with Crippen LogP contribution < -0.4 is 4.72 Å². The van der Waals surface area contributed by atoms with E-state index in [0.717, 1.165) is 11.1 Å². The molecule has 3 rings (SSSR count). The molecule has 27 heavy (non-hydrogen) atoms. The third kappa shape index (κ3) is 4.45. The van der Waals surface area contributed by atoms with Gasteiger partial charge in [-0.15, -0.1) is 0 Å². The monoisotopic (exact) mass is 388 g/mol. The molecule has 0 unspecified atom stereocenters. The van der Waals surface area contributed by atoms with Gasteiger partial charge < -0.3 is 4.90 Å². The van der Waals surface area contributed by atoms with Gasteiger partial charge in [-0.2, -0.15) is 0 Å². The summed E-state index contributed by atoms with van der Waals surface area (Å²) < 4.78 is 30.2. The molecule has 2 aromatic rings. The topological polar surface area (TPSA) is 49.4 Å². The molecule has 6 heteroatoms. The van der Waals surface area contributed by atoms with Crippen LogP contribution in [0, 0.1) is 0 Å². The smallest absolute Gasteiger partial charge is 0.259 e. The maximum atomic E-state index is 15.4. The van der Waals surface area contributed by atoms with Gasteiger partial charge in [0.05, 0.1) is 21.8 Å². The summed E-state index contributed by atoms with van der Waals surface area (Å²) in [5.41, 5.74) is 2.69. The minimum Gasteiger partial charge on any atom is -0.331 e. The van der Waals surface area contributed by atoms with Crippen LogP contribution in [-0.4, -0.2) is 25.9 Å². The SMILES string of the molecule is CC(C)(C)[S@@](=O)N[C@@H](c1ccccc1)[C@@H](F)C(=O)N1Cc2ccccc2C1. The average Bonchev–Trinajstić information content (AvgIpc) is 3.08. The van der Waals surface area contributed by atoms with Gasteiger partial charge in [-0.3, -0.25) is 4.79 Å². The lowest BCUT2D eigenvalue weighted by atomic mass is 10.0. The first kappa shape index (κ1) is 19.7. The highest BCUT2D eigenvalue weighted by molar-refractivity contribution is 7.84. The van der Waals surface area contributed by atoms with Crippen LogP contribution in [0.1, 0.15) is 43.5 Å². The fourth-order valence-corrected chi connectivity index (χ4v) is 3.89. The first-order valence-electron chi connectivity index (χ1n) is 9.00. The van der Waals surface area contributed by atoms with Crippen molar-refractivity contribution in [2.24, 2.45) is 0 Å². The van der Waals surface area contributed by atoms with Crippen molar-refractivity contribution < 1.29 is 13.4 Å². The maximum absolute atomic E-state index is 15.4. The van der Waals surface area contributed by atoms with Gasteiger partial charge >= 0.3 is 0 Å². The van der Waals surface area contributed by atoms with E-state index in [9.17, 15) is 9.00 Å². The van der Waals surface area contributed by atoms with E-state index in [1.165, 1.54) is 4.90 Å². The molecule has 0 bridgehead atoms. The van der Waals surface area contributed by atoms with E-state index in [-0.39, 0.29) is 0 Å². The van der Waals surface area contributed by atoms with Crippen molar-refractivity contribution >= 4 is 16.9 Å². The Labute approximate surface area is 162 Å². The molecule has 3 atom stereocenters. The van der Waals surface area contributed by atoms with Crippen LogP contribution in [0.2, 0.25) is 0 Å². The molecule has 1 aliphatic heterocycles. The maximum Gasteiger partial charge on any atom is 0.259 e. The lowest BCUT2D eigenvalue weighted by Gasteiger charge is -2.28. The van der Waals surface area contributed by atoms with Crippen LogP contribution in [0.3, 0.4) is 0 Å². The van der Waals surface area contributed by atoms with Crippen LogP contribution in [-0.2, 0) is 28.9 Å². The number of nitrogens with one attached hydrogen (secondary N) is 1. The van der Waals surface area contributed by atoms with Crippen molar-refractivity contribution in [2.75, 3.05) is 0 Å². The van der Waals surface area contributed by atoms with Gasteiger partial charge in [-0.25, -0.2) is 13.3 Å². The molecule has 1 amide bonds. The van der Waals surface area contributed by atoms with Crippen molar-refractivity contribution in [1.82, 2.24) is 9.62 Å². The lowest BCUT2D eigenvalue weighted by Crippen LogP contribution is -2.45. The van der Waals surface area contributed by atoms with Crippen LogP contribution in [0.25, 0.3) is 0 Å². The van der Waals surface area contributed by atoms with E-state index in [4.69, 9.17) is 0 Å². The van der Waals surface area contributed by atoms with E-state index in [1.807, 2.05) is 51.1 Å². The van der Waals surface area contributed by atoms with Gasteiger partial charge in [0.15, 0.2) is 6.17 Å². The quantitative estimate of drug-likeness (QED) is 0.850. The molecule has 0 spiro atoms. The standard InChI is InChI=1S/C21H25FN2O2S/c1-21(2,3)27(26)23-19(15-9-5-4-6-10-15)18(22)20(25)24-13-16-11-7-8-12-17(16)14-24/h4-12,18-19,23H,13-14H2,1-3H3/t18-,19+,27-/m1/s1. The van der Waals surface area contributed by atoms with E-state index >= 15 is 4.39 Å². The van der Waals surface area contributed by atoms with Gasteiger partial charge in [0.25, 0.3) is 5.91 Å². The fourth-order valence-electron chi connectivity index (χ4n) is 3.06. The molecule has 144 valence electrons. The summed E-state index contributed by atoms with van der Waals surface area (Å²) in [4.78, 5) is 14.4. The van der Waals surface area contributed by atoms with Gasteiger partial charge in [0, 0.05) is 13.1 Å². The molecule has 0 aliphatic carbocycles. The first-order chi connectivity index (χ1) is 12.8. The highest BCUT2D eigenvalue weighted by atomic mass is 32.2. The number of fused-ring (bicyclic) bond motifs is 1. The second-order valence-corrected chi connectivity index (χ2v) is 9.75. The first-order valence-corrected chi connectivity index (χ1v) is 10.1. The van der Waals surface area contributed by atoms with Crippen LogP contribution >= 0.6 is 0 Å². The van der Waals surface area contributed by atoms with Crippen molar-refractivity contribution in [3.05, 3.63) is 71.3 Å². The predicted molar refractivity (Wildman–Crippen MR) is 106 cm³/mol. The molecule has 0 radical (unpaired) electrons. The summed E-state index contributed by atoms with van der Waals surface area (Å²) in [7, 11) is -1.51. The molecule has 0 saturated carbocycles. The Morgan fingerprint density at radius 1 is 1.04 bits per heavy atom. The zero-order valence-electron chi connectivity index (χ0n) is 15.8. The lowest BCUT2D eigenvalue weighted by molar-refractivity contribution is -0.138. The minimum absolute atomic E-state index is 0.402. The normalized spacial score (nSPS) is 17.3. The van der Waals surface area contributed by atoms with Crippen LogP contribution in [0.5, 0.6) is 0 Å². The number of carbonyl (C=O) groups excluding carboxylic acids is 1. The van der Waals surface area contributed by atoms with Gasteiger partial charge in [-0.1, -0.05) is 54.6 Å². The number of nitrogens with zero attached hydrogens (tertiary/aromatic N) is 1. The van der Waals surface area contributed by atoms with E-state index in [0.29, 0.717) is 18.7 Å². The van der Waals surface area contributed by atoms with Crippen LogP contribution in [0.15, 0.2) is 54.6 Å². The Balaban J connectivity index is 1.81. The number of rotatable bonds is 5. The average molecular weight is 389 g/mol. The Morgan fingerprint density at radius 2 is 1.56 bits per heavy atom. The number of amides is 1. The van der Waals surface area contributed by atoms with E-state index in [1.54, 1.807) is 24.3 Å². The van der Waals surface area contributed by atoms with Crippen molar-refractivity contribution in [2.45, 2.75) is 50.8 Å². The third-order valence-electron chi connectivity index (χ3n) is 4.63. The van der Waals surface area contributed by atoms with Crippen molar-refractivity contribution in [3.8, 4) is 0 Å². The number of hydrogen-bond acceptors (Lipinski definition) is 2. The summed E-state index contributed by atoms with van der Waals surface area (Å²) in [5.74, 6) is -0.585. The number of benzene rings is 2. The Morgan fingerprint density at radius 3 is 2.07 bits per heavy atom. The molecular formula is C21H25FN2O2S. The van der Waals surface area contributed by atoms with Crippen LogP contribution in [0.4, 0.5) is 4.39 Å². The molecule has 0 saturated heterocycles. The Kier molecular flexibility index (Phi) is 5.77. The molecule has 2 aromatic carbocycles. The zero-order chi connectivity index (χ0) is 19.6. The summed E-state index contributed by atoms with van der Waals surface area (Å²) in [6, 6.07) is 15.7. The molecule has 1 aliphatic rings. The number of alkyl halides is 1. The Bertz CT molecular complexity index is 811.